The fourth-order valence-electron chi connectivity index (χ4n) is 2.74. The molecule has 0 bridgehead atoms. The first kappa shape index (κ1) is 11.9. The Bertz CT molecular complexity index is 952. The molecule has 0 radical (unpaired) electrons. The first-order valence-electron chi connectivity index (χ1n) is 6.84. The molecule has 0 saturated carbocycles. The fraction of sp³-hybridized carbons (Fsp3) is 0. The largest absolute Gasteiger partial charge is 0.456 e. The van der Waals surface area contributed by atoms with Gasteiger partial charge >= 0.3 is 0 Å². The van der Waals surface area contributed by atoms with Crippen molar-refractivity contribution in [2.24, 2.45) is 0 Å². The van der Waals surface area contributed by atoms with Gasteiger partial charge in [0.05, 0.1) is 0 Å². The first-order valence-corrected chi connectivity index (χ1v) is 6.84. The van der Waals surface area contributed by atoms with Crippen molar-refractivity contribution in [1.29, 1.82) is 0 Å². The van der Waals surface area contributed by atoms with Gasteiger partial charge in [0.15, 0.2) is 5.43 Å². The zero-order valence-electron chi connectivity index (χ0n) is 11.2. The van der Waals surface area contributed by atoms with Gasteiger partial charge in [0.25, 0.3) is 0 Å². The van der Waals surface area contributed by atoms with Crippen LogP contribution in [0.15, 0.2) is 82.0 Å². The van der Waals surface area contributed by atoms with Gasteiger partial charge in [-0.25, -0.2) is 0 Å². The minimum absolute atomic E-state index is 0.0412. The van der Waals surface area contributed by atoms with Gasteiger partial charge in [-0.2, -0.15) is 0 Å². The molecule has 0 N–H and O–H groups in total. The van der Waals surface area contributed by atoms with Crippen molar-refractivity contribution in [3.63, 3.8) is 0 Å². The van der Waals surface area contributed by atoms with E-state index in [-0.39, 0.29) is 5.43 Å². The summed E-state index contributed by atoms with van der Waals surface area (Å²) in [6, 6.07) is 23.1. The average Bonchev–Trinajstić information content (AvgIpc) is 2.53. The van der Waals surface area contributed by atoms with Crippen LogP contribution >= 0.6 is 0 Å². The van der Waals surface area contributed by atoms with E-state index >= 15 is 0 Å². The SMILES string of the molecule is O=c1ccc2c(-c3ccccc3)c3ccccc3oc-2c1. The summed E-state index contributed by atoms with van der Waals surface area (Å²) in [6.45, 7) is 0. The van der Waals surface area contributed by atoms with Gasteiger partial charge in [-0.1, -0.05) is 48.5 Å². The van der Waals surface area contributed by atoms with E-state index in [1.54, 1.807) is 12.1 Å². The Labute approximate surface area is 121 Å². The maximum atomic E-state index is 11.6. The van der Waals surface area contributed by atoms with Crippen LogP contribution in [-0.2, 0) is 0 Å². The number of hydrogen-bond acceptors (Lipinski definition) is 2. The summed E-state index contributed by atoms with van der Waals surface area (Å²) in [5.74, 6) is 0.625. The molecule has 1 aliphatic heterocycles. The highest BCUT2D eigenvalue weighted by molar-refractivity contribution is 6.01. The lowest BCUT2D eigenvalue weighted by molar-refractivity contribution is 0.619. The molecule has 1 heterocycles. The second kappa shape index (κ2) is 4.60. The summed E-state index contributed by atoms with van der Waals surface area (Å²) in [7, 11) is 0. The molecule has 0 amide bonds. The summed E-state index contributed by atoms with van der Waals surface area (Å²) in [5, 5.41) is 1.05. The molecule has 2 nitrogen and oxygen atoms in total. The average molecular weight is 272 g/mol. The lowest BCUT2D eigenvalue weighted by Gasteiger charge is -2.14. The number of fused-ring (bicyclic) bond motifs is 2. The lowest BCUT2D eigenvalue weighted by atomic mass is 9.94. The fourth-order valence-corrected chi connectivity index (χ4v) is 2.74. The van der Waals surface area contributed by atoms with Crippen molar-refractivity contribution in [2.75, 3.05) is 0 Å². The van der Waals surface area contributed by atoms with Crippen LogP contribution in [0.1, 0.15) is 0 Å². The van der Waals surface area contributed by atoms with Crippen LogP contribution in [0.2, 0.25) is 0 Å². The van der Waals surface area contributed by atoms with Crippen molar-refractivity contribution in [3.8, 4) is 22.5 Å². The molecule has 0 unspecified atom stereocenters. The topological polar surface area (TPSA) is 30.2 Å². The van der Waals surface area contributed by atoms with Crippen LogP contribution in [0.4, 0.5) is 0 Å². The summed E-state index contributed by atoms with van der Waals surface area (Å²) in [5.41, 5.74) is 3.93. The highest BCUT2D eigenvalue weighted by atomic mass is 16.3. The Morgan fingerprint density at radius 2 is 1.52 bits per heavy atom. The molecular weight excluding hydrogens is 260 g/mol. The Kier molecular flexibility index (Phi) is 2.61. The van der Waals surface area contributed by atoms with E-state index in [2.05, 4.69) is 12.1 Å². The van der Waals surface area contributed by atoms with E-state index in [0.29, 0.717) is 5.76 Å². The Balaban J connectivity index is 2.22. The zero-order chi connectivity index (χ0) is 14.2. The molecule has 2 aliphatic rings. The van der Waals surface area contributed by atoms with Crippen molar-refractivity contribution in [2.45, 2.75) is 0 Å². The van der Waals surface area contributed by atoms with Gasteiger partial charge in [-0.05, 0) is 23.8 Å². The molecule has 0 fully saturated rings. The van der Waals surface area contributed by atoms with Gasteiger partial charge in [0, 0.05) is 22.6 Å². The second-order valence-corrected chi connectivity index (χ2v) is 5.00. The predicted molar refractivity (Wildman–Crippen MR) is 84.5 cm³/mol. The Morgan fingerprint density at radius 3 is 2.38 bits per heavy atom. The number of benzene rings is 3. The number of hydrogen-bond donors (Lipinski definition) is 0. The van der Waals surface area contributed by atoms with Gasteiger partial charge in [-0.15, -0.1) is 0 Å². The van der Waals surface area contributed by atoms with Crippen molar-refractivity contribution in [3.05, 3.63) is 83.0 Å². The van der Waals surface area contributed by atoms with Gasteiger partial charge in [-0.3, -0.25) is 4.79 Å². The smallest absolute Gasteiger partial charge is 0.182 e. The van der Waals surface area contributed by atoms with E-state index in [1.807, 2.05) is 48.5 Å². The van der Waals surface area contributed by atoms with Crippen molar-refractivity contribution in [1.82, 2.24) is 0 Å². The molecule has 4 rings (SSSR count). The summed E-state index contributed by atoms with van der Waals surface area (Å²) >= 11 is 0. The van der Waals surface area contributed by atoms with E-state index in [1.165, 1.54) is 0 Å². The molecule has 2 aromatic carbocycles. The Morgan fingerprint density at radius 1 is 0.762 bits per heavy atom. The van der Waals surface area contributed by atoms with Crippen LogP contribution < -0.4 is 5.43 Å². The molecule has 0 saturated heterocycles. The number of para-hydroxylation sites is 1. The van der Waals surface area contributed by atoms with Crippen molar-refractivity contribution >= 4 is 11.0 Å². The molecule has 2 heteroatoms. The van der Waals surface area contributed by atoms with E-state index in [4.69, 9.17) is 4.42 Å². The summed E-state index contributed by atoms with van der Waals surface area (Å²) < 4.78 is 5.89. The monoisotopic (exact) mass is 272 g/mol. The van der Waals surface area contributed by atoms with Crippen LogP contribution in [0, 0.1) is 0 Å². The zero-order valence-corrected chi connectivity index (χ0v) is 11.2. The third-order valence-corrected chi connectivity index (χ3v) is 3.66. The number of rotatable bonds is 1. The lowest BCUT2D eigenvalue weighted by Crippen LogP contribution is -1.99. The minimum atomic E-state index is -0.0412. The van der Waals surface area contributed by atoms with Crippen molar-refractivity contribution < 1.29 is 4.42 Å². The summed E-state index contributed by atoms with van der Waals surface area (Å²) in [6.07, 6.45) is 0. The molecule has 0 atom stereocenters. The maximum absolute atomic E-state index is 11.6. The molecule has 100 valence electrons. The minimum Gasteiger partial charge on any atom is -0.456 e. The molecular formula is C19H12O2. The molecule has 0 aromatic heterocycles. The Hall–Kier alpha value is -2.87. The predicted octanol–water partition coefficient (Wildman–Crippen LogP) is 4.56. The van der Waals surface area contributed by atoms with Crippen LogP contribution in [-0.4, -0.2) is 0 Å². The van der Waals surface area contributed by atoms with E-state index < -0.39 is 0 Å². The molecule has 21 heavy (non-hydrogen) atoms. The molecule has 1 aliphatic carbocycles. The highest BCUT2D eigenvalue weighted by Crippen LogP contribution is 2.39. The maximum Gasteiger partial charge on any atom is 0.182 e. The van der Waals surface area contributed by atoms with Crippen LogP contribution in [0.25, 0.3) is 33.4 Å². The standard InChI is InChI=1S/C19H12O2/c20-14-10-11-16-18(12-14)21-17-9-5-4-8-15(17)19(16)13-6-2-1-3-7-13/h1-12H. The summed E-state index contributed by atoms with van der Waals surface area (Å²) in [4.78, 5) is 11.6. The highest BCUT2D eigenvalue weighted by Gasteiger charge is 2.16. The van der Waals surface area contributed by atoms with Gasteiger partial charge < -0.3 is 4.42 Å². The van der Waals surface area contributed by atoms with Gasteiger partial charge in [0.2, 0.25) is 0 Å². The van der Waals surface area contributed by atoms with E-state index in [9.17, 15) is 4.79 Å². The normalized spacial score (nSPS) is 11.0. The van der Waals surface area contributed by atoms with Crippen LogP contribution in [0.3, 0.4) is 0 Å². The molecule has 2 aromatic rings. The van der Waals surface area contributed by atoms with E-state index in [0.717, 1.165) is 27.7 Å². The third-order valence-electron chi connectivity index (χ3n) is 3.66. The second-order valence-electron chi connectivity index (χ2n) is 5.00. The molecule has 0 spiro atoms. The first-order chi connectivity index (χ1) is 10.3. The quantitative estimate of drug-likeness (QED) is 0.475. The van der Waals surface area contributed by atoms with Crippen LogP contribution in [0.5, 0.6) is 0 Å². The third kappa shape index (κ3) is 1.93. The van der Waals surface area contributed by atoms with Gasteiger partial charge in [0.1, 0.15) is 11.3 Å².